The highest BCUT2D eigenvalue weighted by Crippen LogP contribution is 2.40. The molecule has 3 N–H and O–H groups in total. The number of halogens is 2. The smallest absolute Gasteiger partial charge is 0.219 e. The summed E-state index contributed by atoms with van der Waals surface area (Å²) in [5.74, 6) is 1.06. The van der Waals surface area contributed by atoms with E-state index < -0.39 is 23.9 Å². The number of fused-ring (bicyclic) bond motifs is 1. The molecule has 2 aromatic carbocycles. The number of alkyl halides is 1. The summed E-state index contributed by atoms with van der Waals surface area (Å²) in [6, 6.07) is 8.29. The lowest BCUT2D eigenvalue weighted by Gasteiger charge is -2.29. The van der Waals surface area contributed by atoms with E-state index in [1.165, 1.54) is 13.2 Å². The van der Waals surface area contributed by atoms with Gasteiger partial charge in [0.1, 0.15) is 23.0 Å². The van der Waals surface area contributed by atoms with E-state index in [-0.39, 0.29) is 29.4 Å². The van der Waals surface area contributed by atoms with Crippen LogP contribution in [0.4, 0.5) is 26.2 Å². The van der Waals surface area contributed by atoms with Gasteiger partial charge in [0.15, 0.2) is 11.6 Å². The molecule has 1 aliphatic heterocycles. The summed E-state index contributed by atoms with van der Waals surface area (Å²) in [6.45, 7) is 1.71. The number of anilines is 3. The van der Waals surface area contributed by atoms with Crippen molar-refractivity contribution >= 4 is 39.7 Å². The van der Waals surface area contributed by atoms with Crippen molar-refractivity contribution in [2.24, 2.45) is 0 Å². The Balaban J connectivity index is 1.64. The molecule has 0 amide bonds. The first-order chi connectivity index (χ1) is 19.0. The van der Waals surface area contributed by atoms with Crippen LogP contribution < -0.4 is 20.1 Å². The second-order valence-electron chi connectivity index (χ2n) is 8.73. The Bertz CT molecular complexity index is 1460. The zero-order valence-corrected chi connectivity index (χ0v) is 22.0. The minimum Gasteiger partial charge on any atom is -0.593 e. The van der Waals surface area contributed by atoms with Gasteiger partial charge in [-0.25, -0.2) is 29.0 Å². The van der Waals surface area contributed by atoms with E-state index in [0.717, 1.165) is 0 Å². The number of aromatic nitrogens is 4. The molecule has 13 heteroatoms. The third kappa shape index (κ3) is 5.79. The lowest BCUT2D eigenvalue weighted by Crippen LogP contribution is -2.37. The van der Waals surface area contributed by atoms with Gasteiger partial charge in [-0.05, 0) is 12.1 Å². The maximum Gasteiger partial charge on any atom is 0.219 e. The molecule has 204 valence electrons. The number of rotatable bonds is 9. The van der Waals surface area contributed by atoms with Crippen LogP contribution in [0.25, 0.3) is 33.4 Å². The number of nitrogens with two attached hydrogens (primary N) is 1. The number of methoxy groups -OCH3 is 1. The molecule has 0 radical (unpaired) electrons. The van der Waals surface area contributed by atoms with Crippen LogP contribution in [-0.4, -0.2) is 70.3 Å². The molecule has 1 saturated heterocycles. The first kappa shape index (κ1) is 26.8. The van der Waals surface area contributed by atoms with Crippen LogP contribution in [0.3, 0.4) is 0 Å². The Hall–Kier alpha value is -3.81. The van der Waals surface area contributed by atoms with Crippen LogP contribution in [0.5, 0.6) is 5.75 Å². The van der Waals surface area contributed by atoms with Gasteiger partial charge in [0.25, 0.3) is 0 Å². The minimum atomic E-state index is -1.62. The first-order valence-electron chi connectivity index (χ1n) is 12.3. The van der Waals surface area contributed by atoms with Crippen molar-refractivity contribution in [3.05, 3.63) is 48.5 Å². The second kappa shape index (κ2) is 11.9. The van der Waals surface area contributed by atoms with E-state index in [0.29, 0.717) is 65.7 Å². The van der Waals surface area contributed by atoms with Gasteiger partial charge in [-0.2, -0.15) is 0 Å². The topological polar surface area (TPSA) is 134 Å². The van der Waals surface area contributed by atoms with Crippen LogP contribution in [-0.2, 0) is 16.1 Å². The monoisotopic (exact) mass is 555 g/mol. The van der Waals surface area contributed by atoms with Gasteiger partial charge in [0, 0.05) is 54.5 Å². The summed E-state index contributed by atoms with van der Waals surface area (Å²) in [7, 11) is 1.50. The predicted molar refractivity (Wildman–Crippen MR) is 147 cm³/mol. The van der Waals surface area contributed by atoms with Crippen LogP contribution in [0.2, 0.25) is 0 Å². The van der Waals surface area contributed by atoms with Crippen molar-refractivity contribution in [1.29, 1.82) is 0 Å². The average Bonchev–Trinajstić information content (AvgIpc) is 2.96. The highest BCUT2D eigenvalue weighted by Gasteiger charge is 2.23. The fourth-order valence-electron chi connectivity index (χ4n) is 4.30. The number of morpholine rings is 1. The Labute approximate surface area is 226 Å². The molecular formula is C26H27F2N7O3S. The van der Waals surface area contributed by atoms with Gasteiger partial charge >= 0.3 is 0 Å². The van der Waals surface area contributed by atoms with Crippen LogP contribution >= 0.6 is 0 Å². The normalized spacial score (nSPS) is 14.4. The highest BCUT2D eigenvalue weighted by molar-refractivity contribution is 7.92. The Morgan fingerprint density at radius 1 is 1.15 bits per heavy atom. The van der Waals surface area contributed by atoms with Crippen molar-refractivity contribution in [3.63, 3.8) is 0 Å². The van der Waals surface area contributed by atoms with E-state index in [1.54, 1.807) is 36.7 Å². The van der Waals surface area contributed by atoms with Crippen molar-refractivity contribution in [3.8, 4) is 28.3 Å². The first-order valence-corrected chi connectivity index (χ1v) is 13.6. The summed E-state index contributed by atoms with van der Waals surface area (Å²) >= 11 is -1.62. The fraction of sp³-hybridized carbons (Fsp3) is 0.308. The molecule has 0 aliphatic carbocycles. The maximum absolute atomic E-state index is 15.7. The predicted octanol–water partition coefficient (Wildman–Crippen LogP) is 3.76. The minimum absolute atomic E-state index is 0.0511. The Morgan fingerprint density at radius 2 is 1.92 bits per heavy atom. The number of hydrogen-bond acceptors (Lipinski definition) is 10. The van der Waals surface area contributed by atoms with E-state index in [4.69, 9.17) is 25.2 Å². The molecule has 10 nitrogen and oxygen atoms in total. The van der Waals surface area contributed by atoms with E-state index in [9.17, 15) is 8.94 Å². The van der Waals surface area contributed by atoms with Gasteiger partial charge in [-0.15, -0.1) is 0 Å². The number of nitrogens with zero attached hydrogens (tertiary/aromatic N) is 5. The summed E-state index contributed by atoms with van der Waals surface area (Å²) in [4.78, 5) is 19.8. The Morgan fingerprint density at radius 3 is 2.64 bits per heavy atom. The third-order valence-corrected chi connectivity index (χ3v) is 7.32. The molecule has 0 bridgehead atoms. The molecule has 0 spiro atoms. The van der Waals surface area contributed by atoms with Gasteiger partial charge in [0.05, 0.1) is 49.4 Å². The Kier molecular flexibility index (Phi) is 8.19. The van der Waals surface area contributed by atoms with E-state index in [2.05, 4.69) is 19.6 Å². The summed E-state index contributed by atoms with van der Waals surface area (Å²) in [5.41, 5.74) is 7.60. The molecule has 1 atom stereocenters. The molecule has 4 aromatic rings. The van der Waals surface area contributed by atoms with Crippen LogP contribution in [0.1, 0.15) is 6.42 Å². The molecule has 1 aliphatic rings. The standard InChI is InChI=1S/C26H27F2N7O3S/c1-37-22-13-21-19(12-18(22)17-4-2-5-20(23(17)28)34-39(36)11-3-6-27)25(35-7-9-38-10-8-35)33-24(32-21)16-14-30-26(29)31-15-16/h2,4-5,12-15,34H,3,6-11H2,1H3,(H2,29,30,31). The van der Waals surface area contributed by atoms with Crippen molar-refractivity contribution < 1.29 is 22.8 Å². The van der Waals surface area contributed by atoms with Crippen molar-refractivity contribution in [2.75, 3.05) is 61.2 Å². The molecule has 5 rings (SSSR count). The molecule has 3 heterocycles. The number of hydrogen-bond donors (Lipinski definition) is 2. The quantitative estimate of drug-likeness (QED) is 0.294. The number of ether oxygens (including phenoxy) is 2. The lowest BCUT2D eigenvalue weighted by atomic mass is 10.0. The highest BCUT2D eigenvalue weighted by atomic mass is 32.2. The molecule has 0 saturated carbocycles. The van der Waals surface area contributed by atoms with Crippen LogP contribution in [0, 0.1) is 5.82 Å². The summed E-state index contributed by atoms with van der Waals surface area (Å²) in [5, 5.41) is 0.692. The van der Waals surface area contributed by atoms with E-state index >= 15 is 4.39 Å². The summed E-state index contributed by atoms with van der Waals surface area (Å²) in [6.07, 6.45) is 3.24. The number of benzene rings is 2. The van der Waals surface area contributed by atoms with Gasteiger partial charge in [-0.3, -0.25) is 4.39 Å². The van der Waals surface area contributed by atoms with Gasteiger partial charge in [-0.1, -0.05) is 12.1 Å². The van der Waals surface area contributed by atoms with Crippen molar-refractivity contribution in [1.82, 2.24) is 19.9 Å². The zero-order chi connectivity index (χ0) is 27.4. The van der Waals surface area contributed by atoms with Gasteiger partial charge < -0.3 is 24.7 Å². The van der Waals surface area contributed by atoms with Crippen molar-refractivity contribution in [2.45, 2.75) is 6.42 Å². The largest absolute Gasteiger partial charge is 0.593 e. The average molecular weight is 556 g/mol. The molecule has 1 unspecified atom stereocenters. The zero-order valence-electron chi connectivity index (χ0n) is 21.2. The molecule has 39 heavy (non-hydrogen) atoms. The number of nitrogen functional groups attached to an aromatic ring is 1. The van der Waals surface area contributed by atoms with Gasteiger partial charge in [0.2, 0.25) is 5.95 Å². The lowest BCUT2D eigenvalue weighted by molar-refractivity contribution is 0.122. The SMILES string of the molecule is COc1cc2nc(-c3cnc(N)nc3)nc(N3CCOCC3)c2cc1-c1cccc(N[S+]([O-])CCCF)c1F. The third-order valence-electron chi connectivity index (χ3n) is 6.21. The number of nitrogens with one attached hydrogen (secondary N) is 1. The second-order valence-corrected chi connectivity index (χ2v) is 10.0. The molecular weight excluding hydrogens is 528 g/mol. The fourth-order valence-corrected chi connectivity index (χ4v) is 5.17. The summed E-state index contributed by atoms with van der Waals surface area (Å²) < 4.78 is 54.3. The molecule has 2 aromatic heterocycles. The van der Waals surface area contributed by atoms with E-state index in [1.807, 2.05) is 0 Å². The maximum atomic E-state index is 15.7. The molecule has 1 fully saturated rings. The van der Waals surface area contributed by atoms with Crippen LogP contribution in [0.15, 0.2) is 42.7 Å².